The molecule has 0 radical (unpaired) electrons. The number of ether oxygens (including phenoxy) is 1. The van der Waals surface area contributed by atoms with Gasteiger partial charge in [0.15, 0.2) is 0 Å². The van der Waals surface area contributed by atoms with Gasteiger partial charge in [0.1, 0.15) is 5.75 Å². The minimum Gasteiger partial charge on any atom is -0.435 e. The van der Waals surface area contributed by atoms with E-state index in [2.05, 4.69) is 14.9 Å². The molecule has 0 spiro atoms. The van der Waals surface area contributed by atoms with Crippen molar-refractivity contribution < 1.29 is 35.2 Å². The summed E-state index contributed by atoms with van der Waals surface area (Å²) in [6.45, 7) is -2.77. The molecule has 14 heteroatoms. The first-order valence-electron chi connectivity index (χ1n) is 9.85. The molecular weight excluding hydrogens is 504 g/mol. The Kier molecular flexibility index (Phi) is 6.69. The van der Waals surface area contributed by atoms with E-state index < -0.39 is 28.4 Å². The Bertz CT molecular complexity index is 1230. The predicted octanol–water partition coefficient (Wildman–Crippen LogP) is 3.98. The van der Waals surface area contributed by atoms with Crippen molar-refractivity contribution in [1.82, 2.24) is 14.4 Å². The SMILES string of the molecule is O=S(=O)(c1ccc(OC(F)F)cc1)N1CCN(c2nc(C(F)(F)c3ccc(Cl)cc3)no2)CC1. The fourth-order valence-corrected chi connectivity index (χ4v) is 4.87. The molecule has 4 rings (SSSR count). The molecule has 8 nitrogen and oxygen atoms in total. The minimum atomic E-state index is -3.90. The van der Waals surface area contributed by atoms with Gasteiger partial charge in [0.2, 0.25) is 15.8 Å². The van der Waals surface area contributed by atoms with Gasteiger partial charge in [-0.2, -0.15) is 26.9 Å². The number of benzene rings is 2. The average molecular weight is 521 g/mol. The maximum Gasteiger partial charge on any atom is 0.387 e. The maximum atomic E-state index is 14.7. The summed E-state index contributed by atoms with van der Waals surface area (Å²) in [5.41, 5.74) is -0.356. The Balaban J connectivity index is 1.42. The molecule has 182 valence electrons. The highest BCUT2D eigenvalue weighted by Crippen LogP contribution is 2.35. The lowest BCUT2D eigenvalue weighted by atomic mass is 10.1. The average Bonchev–Trinajstić information content (AvgIpc) is 3.31. The van der Waals surface area contributed by atoms with Crippen LogP contribution in [0.4, 0.5) is 23.6 Å². The van der Waals surface area contributed by atoms with E-state index in [9.17, 15) is 26.0 Å². The first kappa shape index (κ1) is 24.2. The van der Waals surface area contributed by atoms with Crippen molar-refractivity contribution in [3.8, 4) is 5.75 Å². The Morgan fingerprint density at radius 2 is 1.62 bits per heavy atom. The second-order valence-electron chi connectivity index (χ2n) is 7.22. The summed E-state index contributed by atoms with van der Waals surface area (Å²) in [5.74, 6) is -4.51. The third kappa shape index (κ3) is 4.95. The van der Waals surface area contributed by atoms with Gasteiger partial charge in [-0.25, -0.2) is 8.42 Å². The number of halogens is 5. The maximum absolute atomic E-state index is 14.7. The van der Waals surface area contributed by atoms with E-state index in [-0.39, 0.29) is 48.4 Å². The third-order valence-electron chi connectivity index (χ3n) is 5.10. The highest BCUT2D eigenvalue weighted by Gasteiger charge is 2.40. The van der Waals surface area contributed by atoms with Crippen LogP contribution in [0.15, 0.2) is 57.9 Å². The second-order valence-corrected chi connectivity index (χ2v) is 9.60. The molecule has 3 aromatic rings. The lowest BCUT2D eigenvalue weighted by Gasteiger charge is -2.32. The fraction of sp³-hybridized carbons (Fsp3) is 0.300. The molecule has 1 saturated heterocycles. The van der Waals surface area contributed by atoms with Gasteiger partial charge in [-0.1, -0.05) is 28.9 Å². The molecule has 0 bridgehead atoms. The zero-order chi connectivity index (χ0) is 24.5. The van der Waals surface area contributed by atoms with Gasteiger partial charge in [0, 0.05) is 36.8 Å². The molecule has 0 unspecified atom stereocenters. The van der Waals surface area contributed by atoms with Crippen LogP contribution in [0.2, 0.25) is 5.02 Å². The van der Waals surface area contributed by atoms with Crippen molar-refractivity contribution in [2.24, 2.45) is 0 Å². The van der Waals surface area contributed by atoms with E-state index in [0.29, 0.717) is 5.02 Å². The van der Waals surface area contributed by atoms with E-state index in [1.807, 2.05) is 0 Å². The molecule has 1 aromatic heterocycles. The number of sulfonamides is 1. The monoisotopic (exact) mass is 520 g/mol. The van der Waals surface area contributed by atoms with E-state index in [1.165, 1.54) is 33.5 Å². The van der Waals surface area contributed by atoms with Gasteiger partial charge >= 0.3 is 18.5 Å². The van der Waals surface area contributed by atoms with E-state index in [0.717, 1.165) is 24.3 Å². The van der Waals surface area contributed by atoms with Crippen LogP contribution in [0.5, 0.6) is 5.75 Å². The number of rotatable bonds is 7. The van der Waals surface area contributed by atoms with Gasteiger partial charge in [0.25, 0.3) is 0 Å². The van der Waals surface area contributed by atoms with Gasteiger partial charge in [-0.3, -0.25) is 0 Å². The molecule has 2 aromatic carbocycles. The Labute approximate surface area is 196 Å². The molecule has 1 fully saturated rings. The van der Waals surface area contributed by atoms with Crippen LogP contribution >= 0.6 is 11.6 Å². The number of hydrogen-bond acceptors (Lipinski definition) is 7. The molecule has 0 atom stereocenters. The summed E-state index contributed by atoms with van der Waals surface area (Å²) in [7, 11) is -3.90. The molecule has 0 amide bonds. The van der Waals surface area contributed by atoms with Crippen molar-refractivity contribution in [3.63, 3.8) is 0 Å². The first-order chi connectivity index (χ1) is 16.1. The quantitative estimate of drug-likeness (QED) is 0.435. The zero-order valence-electron chi connectivity index (χ0n) is 17.2. The number of aromatic nitrogens is 2. The second kappa shape index (κ2) is 9.39. The topological polar surface area (TPSA) is 88.8 Å². The summed E-state index contributed by atoms with van der Waals surface area (Å²) in [6.07, 6.45) is 0. The van der Waals surface area contributed by atoms with Crippen LogP contribution in [0.1, 0.15) is 11.4 Å². The van der Waals surface area contributed by atoms with Gasteiger partial charge < -0.3 is 14.2 Å². The van der Waals surface area contributed by atoms with Crippen molar-refractivity contribution >= 4 is 27.6 Å². The summed E-state index contributed by atoms with van der Waals surface area (Å²) in [4.78, 5) is 5.21. The predicted molar refractivity (Wildman–Crippen MR) is 113 cm³/mol. The van der Waals surface area contributed by atoms with Crippen LogP contribution in [-0.4, -0.2) is 55.7 Å². The molecule has 0 saturated carbocycles. The smallest absolute Gasteiger partial charge is 0.387 e. The highest BCUT2D eigenvalue weighted by molar-refractivity contribution is 7.89. The van der Waals surface area contributed by atoms with Gasteiger partial charge in [0.05, 0.1) is 4.90 Å². The Hall–Kier alpha value is -2.90. The number of alkyl halides is 4. The number of hydrogen-bond donors (Lipinski definition) is 0. The van der Waals surface area contributed by atoms with Gasteiger partial charge in [-0.15, -0.1) is 0 Å². The highest BCUT2D eigenvalue weighted by atomic mass is 35.5. The molecule has 1 aliphatic heterocycles. The lowest BCUT2D eigenvalue weighted by molar-refractivity contribution is -0.0498. The molecule has 0 N–H and O–H groups in total. The number of piperazine rings is 1. The molecular formula is C20H17ClF4N4O4S. The molecule has 2 heterocycles. The summed E-state index contributed by atoms with van der Waals surface area (Å²) >= 11 is 5.74. The first-order valence-corrected chi connectivity index (χ1v) is 11.7. The summed E-state index contributed by atoms with van der Waals surface area (Å²) in [6, 6.07) is 9.42. The normalized spacial score (nSPS) is 15.6. The van der Waals surface area contributed by atoms with E-state index >= 15 is 0 Å². The minimum absolute atomic E-state index is 0.0168. The summed E-state index contributed by atoms with van der Waals surface area (Å²) < 4.78 is 90.1. The van der Waals surface area contributed by atoms with Crippen LogP contribution in [0, 0.1) is 0 Å². The molecule has 1 aliphatic rings. The van der Waals surface area contributed by atoms with Gasteiger partial charge in [-0.05, 0) is 36.4 Å². The van der Waals surface area contributed by atoms with Crippen molar-refractivity contribution in [2.75, 3.05) is 31.1 Å². The largest absolute Gasteiger partial charge is 0.435 e. The van der Waals surface area contributed by atoms with Crippen LogP contribution in [0.3, 0.4) is 0 Å². The summed E-state index contributed by atoms with van der Waals surface area (Å²) in [5, 5.41) is 3.70. The van der Waals surface area contributed by atoms with E-state index in [4.69, 9.17) is 16.1 Å². The van der Waals surface area contributed by atoms with Crippen LogP contribution in [-0.2, 0) is 15.9 Å². The third-order valence-corrected chi connectivity index (χ3v) is 7.26. The molecule has 34 heavy (non-hydrogen) atoms. The number of nitrogens with zero attached hydrogens (tertiary/aromatic N) is 4. The van der Waals surface area contributed by atoms with E-state index in [1.54, 1.807) is 0 Å². The van der Waals surface area contributed by atoms with Crippen molar-refractivity contribution in [1.29, 1.82) is 0 Å². The lowest BCUT2D eigenvalue weighted by Crippen LogP contribution is -2.48. The number of anilines is 1. The van der Waals surface area contributed by atoms with Crippen LogP contribution in [0.25, 0.3) is 0 Å². The van der Waals surface area contributed by atoms with Crippen molar-refractivity contribution in [2.45, 2.75) is 17.4 Å². The Morgan fingerprint density at radius 1 is 1.00 bits per heavy atom. The molecule has 0 aliphatic carbocycles. The van der Waals surface area contributed by atoms with Crippen LogP contribution < -0.4 is 9.64 Å². The Morgan fingerprint density at radius 3 is 2.21 bits per heavy atom. The standard InChI is InChI=1S/C20H17ClF4N4O4S/c21-14-3-1-13(2-4-14)20(24,25)17-26-19(33-27-17)28-9-11-29(12-10-28)34(30,31)16-7-5-15(6-8-16)32-18(22)23/h1-8,18H,9-12H2. The zero-order valence-corrected chi connectivity index (χ0v) is 18.8. The fourth-order valence-electron chi connectivity index (χ4n) is 3.32. The van der Waals surface area contributed by atoms with Crippen molar-refractivity contribution in [3.05, 3.63) is 64.9 Å².